The highest BCUT2D eigenvalue weighted by molar-refractivity contribution is 5.41. The van der Waals surface area contributed by atoms with Gasteiger partial charge >= 0.3 is 0 Å². The third-order valence-corrected chi connectivity index (χ3v) is 2.94. The number of hydrogen-bond acceptors (Lipinski definition) is 2. The molecule has 3 heteroatoms. The number of nitrogens with one attached hydrogen (secondary N) is 1. The van der Waals surface area contributed by atoms with E-state index in [0.29, 0.717) is 6.42 Å². The van der Waals surface area contributed by atoms with E-state index in [4.69, 9.17) is 0 Å². The van der Waals surface area contributed by atoms with Crippen molar-refractivity contribution in [3.8, 4) is 0 Å². The molecule has 1 saturated heterocycles. The monoisotopic (exact) mass is 208 g/mol. The second-order valence-corrected chi connectivity index (χ2v) is 4.07. The Labute approximate surface area is 90.1 Å². The molecule has 2 nitrogen and oxygen atoms in total. The molecule has 1 heterocycles. The molecular formula is C12H17FN2. The normalized spacial score (nSPS) is 27.6. The highest BCUT2D eigenvalue weighted by Gasteiger charge is 2.27. The minimum absolute atomic E-state index is 0.0426. The number of hydrazine groups is 1. The molecule has 2 atom stereocenters. The van der Waals surface area contributed by atoms with Crippen LogP contribution in [0.2, 0.25) is 0 Å². The van der Waals surface area contributed by atoms with Crippen molar-refractivity contribution >= 4 is 5.69 Å². The van der Waals surface area contributed by atoms with Gasteiger partial charge in [-0.15, -0.1) is 0 Å². The van der Waals surface area contributed by atoms with Crippen molar-refractivity contribution in [3.63, 3.8) is 0 Å². The van der Waals surface area contributed by atoms with E-state index in [1.165, 1.54) is 0 Å². The molecule has 0 aliphatic carbocycles. The van der Waals surface area contributed by atoms with E-state index in [2.05, 4.69) is 5.43 Å². The minimum atomic E-state index is -0.713. The van der Waals surface area contributed by atoms with Crippen LogP contribution in [0.3, 0.4) is 0 Å². The van der Waals surface area contributed by atoms with Crippen molar-refractivity contribution in [3.05, 3.63) is 30.3 Å². The van der Waals surface area contributed by atoms with Crippen LogP contribution in [0.4, 0.5) is 10.1 Å². The number of nitrogens with zero attached hydrogens (tertiary/aromatic N) is 1. The summed E-state index contributed by atoms with van der Waals surface area (Å²) in [5, 5.41) is 1.99. The number of benzene rings is 1. The van der Waals surface area contributed by atoms with Gasteiger partial charge in [0.2, 0.25) is 0 Å². The topological polar surface area (TPSA) is 15.3 Å². The number of alkyl halides is 1. The van der Waals surface area contributed by atoms with Gasteiger partial charge in [0.15, 0.2) is 0 Å². The Morgan fingerprint density at radius 1 is 1.33 bits per heavy atom. The summed E-state index contributed by atoms with van der Waals surface area (Å²) < 4.78 is 13.4. The first-order chi connectivity index (χ1) is 7.27. The summed E-state index contributed by atoms with van der Waals surface area (Å²) >= 11 is 0. The van der Waals surface area contributed by atoms with E-state index >= 15 is 0 Å². The smallest absolute Gasteiger partial charge is 0.117 e. The zero-order valence-corrected chi connectivity index (χ0v) is 8.99. The van der Waals surface area contributed by atoms with Crippen LogP contribution in [0.15, 0.2) is 30.3 Å². The van der Waals surface area contributed by atoms with Crippen molar-refractivity contribution in [2.75, 3.05) is 12.0 Å². The summed E-state index contributed by atoms with van der Waals surface area (Å²) in [4.78, 5) is 0. The van der Waals surface area contributed by atoms with Gasteiger partial charge in [-0.1, -0.05) is 18.2 Å². The highest BCUT2D eigenvalue weighted by atomic mass is 19.1. The number of anilines is 1. The first kappa shape index (κ1) is 10.4. The Morgan fingerprint density at radius 3 is 2.80 bits per heavy atom. The third-order valence-electron chi connectivity index (χ3n) is 2.94. The Bertz CT molecular complexity index is 302. The standard InChI is InChI=1S/C12H17FN2/c1-10-12(13)8-5-9-15(10)14-11-6-3-2-4-7-11/h2-4,6-7,10,12,14H,5,8-9H2,1H3. The predicted octanol–water partition coefficient (Wildman–Crippen LogP) is 2.84. The molecule has 0 aromatic heterocycles. The number of piperidine rings is 1. The number of para-hydroxylation sites is 1. The summed E-state index contributed by atoms with van der Waals surface area (Å²) in [6.07, 6.45) is 0.898. The molecule has 0 bridgehead atoms. The van der Waals surface area contributed by atoms with Gasteiger partial charge < -0.3 is 5.43 Å². The molecular weight excluding hydrogens is 191 g/mol. The van der Waals surface area contributed by atoms with Gasteiger partial charge in [-0.2, -0.15) is 0 Å². The zero-order valence-electron chi connectivity index (χ0n) is 8.99. The van der Waals surface area contributed by atoms with Crippen molar-refractivity contribution in [2.24, 2.45) is 0 Å². The van der Waals surface area contributed by atoms with Gasteiger partial charge in [-0.05, 0) is 31.9 Å². The van der Waals surface area contributed by atoms with Crippen LogP contribution in [0, 0.1) is 0 Å². The van der Waals surface area contributed by atoms with E-state index in [1.807, 2.05) is 42.3 Å². The van der Waals surface area contributed by atoms with Gasteiger partial charge in [0.05, 0.1) is 6.04 Å². The molecule has 0 amide bonds. The van der Waals surface area contributed by atoms with E-state index in [0.717, 1.165) is 18.7 Å². The van der Waals surface area contributed by atoms with Crippen LogP contribution in [-0.2, 0) is 0 Å². The molecule has 1 aliphatic heterocycles. The molecule has 2 rings (SSSR count). The highest BCUT2D eigenvalue weighted by Crippen LogP contribution is 2.20. The van der Waals surface area contributed by atoms with Gasteiger partial charge in [0.1, 0.15) is 6.17 Å². The maximum atomic E-state index is 13.4. The van der Waals surface area contributed by atoms with E-state index < -0.39 is 6.17 Å². The van der Waals surface area contributed by atoms with Crippen molar-refractivity contribution in [1.82, 2.24) is 5.01 Å². The van der Waals surface area contributed by atoms with Gasteiger partial charge in [0, 0.05) is 12.2 Å². The number of rotatable bonds is 2. The molecule has 2 unspecified atom stereocenters. The Balaban J connectivity index is 1.99. The summed E-state index contributed by atoms with van der Waals surface area (Å²) in [7, 11) is 0. The van der Waals surface area contributed by atoms with Crippen LogP contribution >= 0.6 is 0 Å². The number of halogens is 1. The van der Waals surface area contributed by atoms with Crippen molar-refractivity contribution < 1.29 is 4.39 Å². The zero-order chi connectivity index (χ0) is 10.7. The van der Waals surface area contributed by atoms with Crippen LogP contribution in [0.5, 0.6) is 0 Å². The van der Waals surface area contributed by atoms with E-state index in [1.54, 1.807) is 0 Å². The minimum Gasteiger partial charge on any atom is -0.319 e. The SMILES string of the molecule is CC1C(F)CCCN1Nc1ccccc1. The summed E-state index contributed by atoms with van der Waals surface area (Å²) in [5.41, 5.74) is 4.28. The summed E-state index contributed by atoms with van der Waals surface area (Å²) in [6.45, 7) is 2.84. The fraction of sp³-hybridized carbons (Fsp3) is 0.500. The second kappa shape index (κ2) is 4.62. The molecule has 0 radical (unpaired) electrons. The fourth-order valence-corrected chi connectivity index (χ4v) is 1.93. The first-order valence-electron chi connectivity index (χ1n) is 5.50. The lowest BCUT2D eigenvalue weighted by atomic mass is 10.0. The van der Waals surface area contributed by atoms with Gasteiger partial charge in [0.25, 0.3) is 0 Å². The van der Waals surface area contributed by atoms with Crippen LogP contribution in [0.1, 0.15) is 19.8 Å². The quantitative estimate of drug-likeness (QED) is 0.804. The third kappa shape index (κ3) is 2.48. The molecule has 82 valence electrons. The largest absolute Gasteiger partial charge is 0.319 e. The Hall–Kier alpha value is -1.09. The average molecular weight is 208 g/mol. The van der Waals surface area contributed by atoms with Crippen molar-refractivity contribution in [2.45, 2.75) is 32.0 Å². The lowest BCUT2D eigenvalue weighted by molar-refractivity contribution is 0.0978. The van der Waals surface area contributed by atoms with Gasteiger partial charge in [-0.25, -0.2) is 9.40 Å². The van der Waals surface area contributed by atoms with Crippen LogP contribution < -0.4 is 5.43 Å². The Kier molecular flexibility index (Phi) is 3.21. The molecule has 1 aliphatic rings. The Morgan fingerprint density at radius 2 is 2.07 bits per heavy atom. The van der Waals surface area contributed by atoms with E-state index in [-0.39, 0.29) is 6.04 Å². The molecule has 1 aromatic carbocycles. The summed E-state index contributed by atoms with van der Waals surface area (Å²) in [5.74, 6) is 0. The summed E-state index contributed by atoms with van der Waals surface area (Å²) in [6, 6.07) is 9.87. The molecule has 1 aromatic rings. The molecule has 15 heavy (non-hydrogen) atoms. The van der Waals surface area contributed by atoms with Crippen molar-refractivity contribution in [1.29, 1.82) is 0 Å². The predicted molar refractivity (Wildman–Crippen MR) is 60.4 cm³/mol. The molecule has 1 fully saturated rings. The van der Waals surface area contributed by atoms with Crippen LogP contribution in [0.25, 0.3) is 0 Å². The lowest BCUT2D eigenvalue weighted by Gasteiger charge is -2.36. The van der Waals surface area contributed by atoms with Crippen LogP contribution in [-0.4, -0.2) is 23.8 Å². The maximum absolute atomic E-state index is 13.4. The van der Waals surface area contributed by atoms with Gasteiger partial charge in [-0.3, -0.25) is 0 Å². The first-order valence-corrected chi connectivity index (χ1v) is 5.50. The molecule has 0 spiro atoms. The molecule has 0 saturated carbocycles. The fourth-order valence-electron chi connectivity index (χ4n) is 1.93. The maximum Gasteiger partial charge on any atom is 0.117 e. The lowest BCUT2D eigenvalue weighted by Crippen LogP contribution is -2.47. The second-order valence-electron chi connectivity index (χ2n) is 4.07. The number of hydrogen-bond donors (Lipinski definition) is 1. The van der Waals surface area contributed by atoms with E-state index in [9.17, 15) is 4.39 Å². The molecule has 1 N–H and O–H groups in total. The average Bonchev–Trinajstić information content (AvgIpc) is 2.26.